The van der Waals surface area contributed by atoms with Crippen LogP contribution in [0.4, 0.5) is 0 Å². The van der Waals surface area contributed by atoms with Crippen LogP contribution < -0.4 is 4.74 Å². The summed E-state index contributed by atoms with van der Waals surface area (Å²) < 4.78 is 5.83. The van der Waals surface area contributed by atoms with Gasteiger partial charge >= 0.3 is 0 Å². The van der Waals surface area contributed by atoms with E-state index >= 15 is 0 Å². The molecule has 2 rings (SSSR count). The summed E-state index contributed by atoms with van der Waals surface area (Å²) in [6, 6.07) is 6.69. The van der Waals surface area contributed by atoms with Crippen LogP contribution in [0.15, 0.2) is 18.2 Å². The van der Waals surface area contributed by atoms with Gasteiger partial charge in [-0.3, -0.25) is 4.79 Å². The standard InChI is InChI=1S/C18H27NO2/c1-13(2)19(16-10-5-6-11-16)17(20)12-21-18-14(3)8-7-9-15(18)4/h7-9,13,16H,5-6,10-12H2,1-4H3. The van der Waals surface area contributed by atoms with E-state index in [1.807, 2.05) is 36.9 Å². The van der Waals surface area contributed by atoms with Crippen LogP contribution in [0.25, 0.3) is 0 Å². The van der Waals surface area contributed by atoms with Gasteiger partial charge in [-0.1, -0.05) is 31.0 Å². The number of nitrogens with zero attached hydrogens (tertiary/aromatic N) is 1. The maximum Gasteiger partial charge on any atom is 0.260 e. The third kappa shape index (κ3) is 3.78. The smallest absolute Gasteiger partial charge is 0.260 e. The molecule has 3 heteroatoms. The van der Waals surface area contributed by atoms with Crippen LogP contribution in [0.5, 0.6) is 5.75 Å². The monoisotopic (exact) mass is 289 g/mol. The molecule has 3 nitrogen and oxygen atoms in total. The maximum atomic E-state index is 12.6. The Balaban J connectivity index is 2.02. The molecular weight excluding hydrogens is 262 g/mol. The van der Waals surface area contributed by atoms with E-state index in [-0.39, 0.29) is 18.6 Å². The molecule has 1 aromatic carbocycles. The van der Waals surface area contributed by atoms with Gasteiger partial charge in [0, 0.05) is 12.1 Å². The minimum Gasteiger partial charge on any atom is -0.483 e. The third-order valence-electron chi connectivity index (χ3n) is 4.31. The first kappa shape index (κ1) is 15.9. The molecule has 0 heterocycles. The average molecular weight is 289 g/mol. The molecule has 1 saturated carbocycles. The molecule has 1 aliphatic carbocycles. The summed E-state index contributed by atoms with van der Waals surface area (Å²) in [6.07, 6.45) is 4.73. The highest BCUT2D eigenvalue weighted by Gasteiger charge is 2.28. The zero-order valence-electron chi connectivity index (χ0n) is 13.7. The Morgan fingerprint density at radius 1 is 1.24 bits per heavy atom. The molecule has 0 unspecified atom stereocenters. The maximum absolute atomic E-state index is 12.6. The molecule has 0 N–H and O–H groups in total. The Morgan fingerprint density at radius 2 is 1.81 bits per heavy atom. The summed E-state index contributed by atoms with van der Waals surface area (Å²) >= 11 is 0. The van der Waals surface area contributed by atoms with Crippen molar-refractivity contribution in [3.8, 4) is 5.75 Å². The predicted octanol–water partition coefficient (Wildman–Crippen LogP) is 3.86. The molecule has 21 heavy (non-hydrogen) atoms. The molecule has 1 aliphatic rings. The van der Waals surface area contributed by atoms with Crippen LogP contribution in [-0.2, 0) is 4.79 Å². The third-order valence-corrected chi connectivity index (χ3v) is 4.31. The molecule has 0 saturated heterocycles. The van der Waals surface area contributed by atoms with Crippen LogP contribution in [0, 0.1) is 13.8 Å². The molecule has 1 fully saturated rings. The van der Waals surface area contributed by atoms with E-state index in [1.165, 1.54) is 12.8 Å². The SMILES string of the molecule is Cc1cccc(C)c1OCC(=O)N(C(C)C)C1CCCC1. The fraction of sp³-hybridized carbons (Fsp3) is 0.611. The lowest BCUT2D eigenvalue weighted by atomic mass is 10.1. The van der Waals surface area contributed by atoms with Crippen molar-refractivity contribution in [2.45, 2.75) is 65.5 Å². The average Bonchev–Trinajstić information content (AvgIpc) is 2.91. The number of carbonyl (C=O) groups excluding carboxylic acids is 1. The van der Waals surface area contributed by atoms with Gasteiger partial charge in [0.25, 0.3) is 5.91 Å². The van der Waals surface area contributed by atoms with Crippen LogP contribution in [0.3, 0.4) is 0 Å². The summed E-state index contributed by atoms with van der Waals surface area (Å²) in [5.41, 5.74) is 2.17. The van der Waals surface area contributed by atoms with Gasteiger partial charge < -0.3 is 9.64 Å². The predicted molar refractivity (Wildman–Crippen MR) is 85.6 cm³/mol. The number of ether oxygens (including phenoxy) is 1. The molecule has 1 aromatic rings. The van der Waals surface area contributed by atoms with Gasteiger partial charge in [0.1, 0.15) is 5.75 Å². The molecular formula is C18H27NO2. The van der Waals surface area contributed by atoms with Gasteiger partial charge in [-0.15, -0.1) is 0 Å². The number of para-hydroxylation sites is 1. The fourth-order valence-corrected chi connectivity index (χ4v) is 3.33. The fourth-order valence-electron chi connectivity index (χ4n) is 3.33. The number of rotatable bonds is 5. The van der Waals surface area contributed by atoms with Crippen molar-refractivity contribution in [3.05, 3.63) is 29.3 Å². The number of hydrogen-bond donors (Lipinski definition) is 0. The van der Waals surface area contributed by atoms with Gasteiger partial charge in [-0.25, -0.2) is 0 Å². The number of carbonyl (C=O) groups is 1. The minimum atomic E-state index is 0.111. The Labute approximate surface area is 128 Å². The Morgan fingerprint density at radius 3 is 2.33 bits per heavy atom. The summed E-state index contributed by atoms with van der Waals surface area (Å²) in [5, 5.41) is 0. The normalized spacial score (nSPS) is 15.5. The zero-order valence-corrected chi connectivity index (χ0v) is 13.7. The van der Waals surface area contributed by atoms with Crippen molar-refractivity contribution in [1.82, 2.24) is 4.90 Å². The van der Waals surface area contributed by atoms with Gasteiger partial charge in [0.15, 0.2) is 6.61 Å². The van der Waals surface area contributed by atoms with Gasteiger partial charge in [-0.2, -0.15) is 0 Å². The zero-order chi connectivity index (χ0) is 15.4. The molecule has 0 spiro atoms. The lowest BCUT2D eigenvalue weighted by Gasteiger charge is -2.32. The van der Waals surface area contributed by atoms with Crippen LogP contribution in [0.1, 0.15) is 50.7 Å². The first-order valence-electron chi connectivity index (χ1n) is 8.01. The van der Waals surface area contributed by atoms with Crippen molar-refractivity contribution in [1.29, 1.82) is 0 Å². The summed E-state index contributed by atoms with van der Waals surface area (Å²) in [5.74, 6) is 0.959. The van der Waals surface area contributed by atoms with Gasteiger partial charge in [0.05, 0.1) is 0 Å². The Kier molecular flexibility index (Phi) is 5.27. The van der Waals surface area contributed by atoms with E-state index in [2.05, 4.69) is 13.8 Å². The first-order chi connectivity index (χ1) is 10.0. The highest BCUT2D eigenvalue weighted by Crippen LogP contribution is 2.26. The highest BCUT2D eigenvalue weighted by atomic mass is 16.5. The van der Waals surface area contributed by atoms with Crippen LogP contribution in [0.2, 0.25) is 0 Å². The quantitative estimate of drug-likeness (QED) is 0.823. The largest absolute Gasteiger partial charge is 0.483 e. The van der Waals surface area contributed by atoms with Crippen molar-refractivity contribution < 1.29 is 9.53 Å². The van der Waals surface area contributed by atoms with E-state index in [4.69, 9.17) is 4.74 Å². The lowest BCUT2D eigenvalue weighted by Crippen LogP contribution is -2.45. The summed E-state index contributed by atoms with van der Waals surface area (Å²) in [7, 11) is 0. The van der Waals surface area contributed by atoms with E-state index in [1.54, 1.807) is 0 Å². The van der Waals surface area contributed by atoms with Crippen molar-refractivity contribution in [3.63, 3.8) is 0 Å². The van der Waals surface area contributed by atoms with Crippen molar-refractivity contribution in [2.24, 2.45) is 0 Å². The second-order valence-electron chi connectivity index (χ2n) is 6.34. The number of aryl methyl sites for hydroxylation is 2. The lowest BCUT2D eigenvalue weighted by molar-refractivity contribution is -0.137. The second-order valence-corrected chi connectivity index (χ2v) is 6.34. The number of hydrogen-bond acceptors (Lipinski definition) is 2. The number of benzene rings is 1. The molecule has 0 radical (unpaired) electrons. The molecule has 116 valence electrons. The molecule has 0 atom stereocenters. The van der Waals surface area contributed by atoms with Crippen LogP contribution in [-0.4, -0.2) is 29.5 Å². The van der Waals surface area contributed by atoms with E-state index < -0.39 is 0 Å². The minimum absolute atomic E-state index is 0.111. The van der Waals surface area contributed by atoms with E-state index in [9.17, 15) is 4.79 Å². The Hall–Kier alpha value is -1.51. The van der Waals surface area contributed by atoms with Gasteiger partial charge in [0.2, 0.25) is 0 Å². The van der Waals surface area contributed by atoms with Gasteiger partial charge in [-0.05, 0) is 51.7 Å². The number of amides is 1. The van der Waals surface area contributed by atoms with E-state index in [0.29, 0.717) is 6.04 Å². The second kappa shape index (κ2) is 6.97. The first-order valence-corrected chi connectivity index (χ1v) is 8.01. The highest BCUT2D eigenvalue weighted by molar-refractivity contribution is 5.78. The molecule has 0 aliphatic heterocycles. The van der Waals surface area contributed by atoms with Crippen molar-refractivity contribution in [2.75, 3.05) is 6.61 Å². The molecule has 0 aromatic heterocycles. The summed E-state index contributed by atoms with van der Waals surface area (Å²) in [6.45, 7) is 8.36. The Bertz CT molecular complexity index is 470. The topological polar surface area (TPSA) is 29.5 Å². The molecule has 1 amide bonds. The molecule has 0 bridgehead atoms. The summed E-state index contributed by atoms with van der Waals surface area (Å²) in [4.78, 5) is 14.6. The van der Waals surface area contributed by atoms with E-state index in [0.717, 1.165) is 29.7 Å². The van der Waals surface area contributed by atoms with Crippen molar-refractivity contribution >= 4 is 5.91 Å². The van der Waals surface area contributed by atoms with Crippen LogP contribution >= 0.6 is 0 Å².